The van der Waals surface area contributed by atoms with Crippen LogP contribution in [0.3, 0.4) is 0 Å². The number of fused-ring (bicyclic) bond motifs is 1. The van der Waals surface area contributed by atoms with Crippen molar-refractivity contribution in [1.82, 2.24) is 0 Å². The molecular formula is C11H10. The van der Waals surface area contributed by atoms with Crippen LogP contribution in [0, 0.1) is 6.92 Å². The molecule has 0 unspecified atom stereocenters. The zero-order valence-electron chi connectivity index (χ0n) is 7.46. The Hall–Kier alpha value is -1.30. The predicted octanol–water partition coefficient (Wildman–Crippen LogP) is 3.15. The van der Waals surface area contributed by atoms with E-state index in [0.717, 1.165) is 10.8 Å². The minimum atomic E-state index is 0.616. The molecule has 0 aliphatic rings. The minimum absolute atomic E-state index is 0.616. The first-order chi connectivity index (χ1) is 5.79. The highest BCUT2D eigenvalue weighted by Crippen LogP contribution is 2.16. The highest BCUT2D eigenvalue weighted by molar-refractivity contribution is 5.85. The fraction of sp³-hybridized carbons (Fsp3) is 0.0909. The molecule has 0 aliphatic carbocycles. The normalized spacial score (nSPS) is 11.5. The van der Waals surface area contributed by atoms with E-state index >= 15 is 0 Å². The summed E-state index contributed by atoms with van der Waals surface area (Å²) < 4.78 is 7.70. The summed E-state index contributed by atoms with van der Waals surface area (Å²) in [6, 6.07) is 12.5. The first-order valence-corrected chi connectivity index (χ1v) is 3.74. The van der Waals surface area contributed by atoms with Gasteiger partial charge in [-0.15, -0.1) is 0 Å². The van der Waals surface area contributed by atoms with E-state index in [1.165, 1.54) is 5.56 Å². The third-order valence-electron chi connectivity index (χ3n) is 1.90. The lowest BCUT2D eigenvalue weighted by molar-refractivity contribution is 1.53. The first kappa shape index (κ1) is 5.36. The van der Waals surface area contributed by atoms with Crippen LogP contribution in [0.25, 0.3) is 10.8 Å². The molecule has 0 heteroatoms. The monoisotopic (exact) mass is 143 g/mol. The maximum absolute atomic E-state index is 7.70. The highest BCUT2D eigenvalue weighted by atomic mass is 14.0. The van der Waals surface area contributed by atoms with Gasteiger partial charge in [0.15, 0.2) is 0 Å². The van der Waals surface area contributed by atoms with Crippen molar-refractivity contribution in [3.05, 3.63) is 48.0 Å². The van der Waals surface area contributed by atoms with Gasteiger partial charge in [0, 0.05) is 0 Å². The Morgan fingerprint density at radius 1 is 1.09 bits per heavy atom. The molecule has 0 N–H and O–H groups in total. The third kappa shape index (κ3) is 1.01. The van der Waals surface area contributed by atoms with E-state index in [2.05, 4.69) is 0 Å². The van der Waals surface area contributed by atoms with Crippen LogP contribution in [0.15, 0.2) is 42.4 Å². The van der Waals surface area contributed by atoms with E-state index < -0.39 is 0 Å². The lowest BCUT2D eigenvalue weighted by Gasteiger charge is -1.98. The molecule has 0 saturated heterocycles. The molecule has 54 valence electrons. The molecule has 2 rings (SSSR count). The van der Waals surface area contributed by atoms with Gasteiger partial charge in [0.1, 0.15) is 0 Å². The van der Waals surface area contributed by atoms with E-state index in [4.69, 9.17) is 1.37 Å². The summed E-state index contributed by atoms with van der Waals surface area (Å²) in [7, 11) is 0. The molecule has 0 atom stereocenters. The van der Waals surface area contributed by atoms with Crippen molar-refractivity contribution < 1.29 is 1.37 Å². The van der Waals surface area contributed by atoms with Gasteiger partial charge in [-0.1, -0.05) is 42.4 Å². The van der Waals surface area contributed by atoms with Crippen molar-refractivity contribution in [2.75, 3.05) is 0 Å². The largest absolute Gasteiger partial charge is 0.0629 e. The Bertz CT molecular complexity index is 382. The summed E-state index contributed by atoms with van der Waals surface area (Å²) in [5.74, 6) is 0. The SMILES string of the molecule is [2H]c1cccc2cccc(C)c12. The molecule has 0 fully saturated rings. The van der Waals surface area contributed by atoms with Gasteiger partial charge in [-0.3, -0.25) is 0 Å². The van der Waals surface area contributed by atoms with E-state index in [0.29, 0.717) is 6.04 Å². The van der Waals surface area contributed by atoms with Crippen LogP contribution in [0.4, 0.5) is 0 Å². The fourth-order valence-electron chi connectivity index (χ4n) is 1.31. The van der Waals surface area contributed by atoms with Gasteiger partial charge in [-0.05, 0) is 23.3 Å². The van der Waals surface area contributed by atoms with Crippen LogP contribution in [-0.2, 0) is 0 Å². The summed E-state index contributed by atoms with van der Waals surface area (Å²) in [5, 5.41) is 2.22. The molecule has 0 bridgehead atoms. The maximum atomic E-state index is 7.70. The molecule has 0 nitrogen and oxygen atoms in total. The first-order valence-electron chi connectivity index (χ1n) is 4.24. The van der Waals surface area contributed by atoms with E-state index in [-0.39, 0.29) is 0 Å². The molecule has 2 aromatic rings. The van der Waals surface area contributed by atoms with Crippen molar-refractivity contribution >= 4 is 10.8 Å². The Kier molecular flexibility index (Phi) is 1.16. The number of rotatable bonds is 0. The molecule has 0 spiro atoms. The van der Waals surface area contributed by atoms with Crippen molar-refractivity contribution in [1.29, 1.82) is 0 Å². The van der Waals surface area contributed by atoms with E-state index in [1.807, 2.05) is 43.3 Å². The lowest BCUT2D eigenvalue weighted by atomic mass is 10.1. The smallest absolute Gasteiger partial charge is 0.0616 e. The van der Waals surface area contributed by atoms with Crippen LogP contribution in [0.1, 0.15) is 6.93 Å². The van der Waals surface area contributed by atoms with Gasteiger partial charge in [0.25, 0.3) is 0 Å². The molecule has 0 heterocycles. The Balaban J connectivity index is 2.96. The number of hydrogen-bond acceptors (Lipinski definition) is 0. The molecule has 2 aromatic carbocycles. The molecule has 0 radical (unpaired) electrons. The van der Waals surface area contributed by atoms with Crippen LogP contribution in [0.2, 0.25) is 0 Å². The summed E-state index contributed by atoms with van der Waals surface area (Å²) >= 11 is 0. The summed E-state index contributed by atoms with van der Waals surface area (Å²) in [6.45, 7) is 2.04. The molecule has 11 heavy (non-hydrogen) atoms. The van der Waals surface area contributed by atoms with Crippen molar-refractivity contribution in [3.8, 4) is 0 Å². The van der Waals surface area contributed by atoms with Crippen LogP contribution in [-0.4, -0.2) is 0 Å². The van der Waals surface area contributed by atoms with Gasteiger partial charge < -0.3 is 0 Å². The summed E-state index contributed by atoms with van der Waals surface area (Å²) in [4.78, 5) is 0. The zero-order valence-corrected chi connectivity index (χ0v) is 6.46. The predicted molar refractivity (Wildman–Crippen MR) is 48.7 cm³/mol. The van der Waals surface area contributed by atoms with Crippen molar-refractivity contribution in [2.45, 2.75) is 6.92 Å². The van der Waals surface area contributed by atoms with Crippen molar-refractivity contribution in [2.24, 2.45) is 0 Å². The molecule has 0 amide bonds. The van der Waals surface area contributed by atoms with E-state index in [1.54, 1.807) is 0 Å². The van der Waals surface area contributed by atoms with Gasteiger partial charge in [-0.25, -0.2) is 0 Å². The van der Waals surface area contributed by atoms with Crippen LogP contribution >= 0.6 is 0 Å². The third-order valence-corrected chi connectivity index (χ3v) is 1.90. The van der Waals surface area contributed by atoms with E-state index in [9.17, 15) is 0 Å². The summed E-state index contributed by atoms with van der Waals surface area (Å²) in [5.41, 5.74) is 1.18. The quantitative estimate of drug-likeness (QED) is 0.531. The van der Waals surface area contributed by atoms with Crippen LogP contribution < -0.4 is 0 Å². The van der Waals surface area contributed by atoms with Gasteiger partial charge in [0.05, 0.1) is 1.37 Å². The fourth-order valence-corrected chi connectivity index (χ4v) is 1.31. The maximum Gasteiger partial charge on any atom is 0.0629 e. The average Bonchev–Trinajstić information content (AvgIpc) is 2.04. The molecule has 0 saturated carbocycles. The Morgan fingerprint density at radius 2 is 1.91 bits per heavy atom. The average molecular weight is 143 g/mol. The van der Waals surface area contributed by atoms with Gasteiger partial charge >= 0.3 is 0 Å². The summed E-state index contributed by atoms with van der Waals surface area (Å²) in [6.07, 6.45) is 0. The lowest BCUT2D eigenvalue weighted by Crippen LogP contribution is -1.75. The second-order valence-electron chi connectivity index (χ2n) is 2.71. The number of aryl methyl sites for hydroxylation is 1. The molecule has 0 aliphatic heterocycles. The Morgan fingerprint density at radius 3 is 2.73 bits per heavy atom. The van der Waals surface area contributed by atoms with Crippen molar-refractivity contribution in [3.63, 3.8) is 0 Å². The minimum Gasteiger partial charge on any atom is -0.0616 e. The molecular weight excluding hydrogens is 132 g/mol. The second-order valence-corrected chi connectivity index (χ2v) is 2.71. The molecule has 0 aromatic heterocycles. The number of benzene rings is 2. The van der Waals surface area contributed by atoms with Crippen LogP contribution in [0.5, 0.6) is 0 Å². The topological polar surface area (TPSA) is 0 Å². The number of hydrogen-bond donors (Lipinski definition) is 0. The zero-order chi connectivity index (χ0) is 8.55. The van der Waals surface area contributed by atoms with Gasteiger partial charge in [0.2, 0.25) is 0 Å². The highest BCUT2D eigenvalue weighted by Gasteiger charge is 1.91. The second kappa shape index (κ2) is 2.39. The standard InChI is InChI=1S/C11H10/c1-9-5-4-7-10-6-2-3-8-11(9)10/h2-8H,1H3/i8D. The Labute approximate surface area is 67.9 Å². The van der Waals surface area contributed by atoms with Gasteiger partial charge in [-0.2, -0.15) is 0 Å².